The number of anilines is 1. The first-order chi connectivity index (χ1) is 13.2. The van der Waals surface area contributed by atoms with E-state index >= 15 is 0 Å². The number of thioether (sulfide) groups is 1. The van der Waals surface area contributed by atoms with Gasteiger partial charge in [0.1, 0.15) is 0 Å². The van der Waals surface area contributed by atoms with Crippen molar-refractivity contribution >= 4 is 23.4 Å². The third-order valence-electron chi connectivity index (χ3n) is 5.98. The second-order valence-electron chi connectivity index (χ2n) is 7.93. The molecule has 0 aromatic carbocycles. The van der Waals surface area contributed by atoms with Gasteiger partial charge in [-0.15, -0.1) is 0 Å². The van der Waals surface area contributed by atoms with Gasteiger partial charge in [-0.05, 0) is 50.7 Å². The van der Waals surface area contributed by atoms with Crippen LogP contribution in [0.25, 0.3) is 0 Å². The van der Waals surface area contributed by atoms with Crippen molar-refractivity contribution in [2.24, 2.45) is 5.92 Å². The number of pyridine rings is 1. The SMILES string of the molecule is Cc1ccncc1NC1CCC2C(=O)NC(CSC3CCOCC3)NC2C1. The molecule has 0 bridgehead atoms. The van der Waals surface area contributed by atoms with Crippen molar-refractivity contribution in [1.82, 2.24) is 15.6 Å². The number of carbonyl (C=O) groups excluding carboxylic acids is 1. The van der Waals surface area contributed by atoms with Crippen LogP contribution in [0.3, 0.4) is 0 Å². The quantitative estimate of drug-likeness (QED) is 0.716. The minimum atomic E-state index is 0.0745. The Balaban J connectivity index is 1.31. The van der Waals surface area contributed by atoms with Crippen LogP contribution in [-0.4, -0.2) is 53.4 Å². The van der Waals surface area contributed by atoms with E-state index in [1.54, 1.807) is 0 Å². The molecule has 148 valence electrons. The van der Waals surface area contributed by atoms with Gasteiger partial charge in [0.25, 0.3) is 0 Å². The summed E-state index contributed by atoms with van der Waals surface area (Å²) in [6.45, 7) is 3.84. The van der Waals surface area contributed by atoms with E-state index in [2.05, 4.69) is 27.9 Å². The summed E-state index contributed by atoms with van der Waals surface area (Å²) < 4.78 is 5.44. The van der Waals surface area contributed by atoms with Gasteiger partial charge in [0.05, 0.1) is 24.0 Å². The molecule has 1 amide bonds. The number of carbonyl (C=O) groups is 1. The van der Waals surface area contributed by atoms with Crippen LogP contribution in [0.15, 0.2) is 18.5 Å². The van der Waals surface area contributed by atoms with Crippen LogP contribution >= 0.6 is 11.8 Å². The number of rotatable bonds is 5. The summed E-state index contributed by atoms with van der Waals surface area (Å²) in [6.07, 6.45) is 8.96. The lowest BCUT2D eigenvalue weighted by molar-refractivity contribution is -0.130. The number of nitrogens with one attached hydrogen (secondary N) is 3. The van der Waals surface area contributed by atoms with Gasteiger partial charge in [-0.2, -0.15) is 11.8 Å². The molecule has 4 atom stereocenters. The third-order valence-corrected chi connectivity index (χ3v) is 7.45. The van der Waals surface area contributed by atoms with Crippen molar-refractivity contribution in [2.75, 3.05) is 24.3 Å². The van der Waals surface area contributed by atoms with Gasteiger partial charge in [-0.25, -0.2) is 0 Å². The van der Waals surface area contributed by atoms with Crippen LogP contribution in [-0.2, 0) is 9.53 Å². The Hall–Kier alpha value is -1.31. The molecule has 0 spiro atoms. The van der Waals surface area contributed by atoms with E-state index in [9.17, 15) is 4.79 Å². The van der Waals surface area contributed by atoms with Gasteiger partial charge < -0.3 is 15.4 Å². The molecular weight excluding hydrogens is 360 g/mol. The molecule has 4 unspecified atom stereocenters. The van der Waals surface area contributed by atoms with E-state index in [1.165, 1.54) is 5.56 Å². The highest BCUT2D eigenvalue weighted by Crippen LogP contribution is 2.31. The van der Waals surface area contributed by atoms with Crippen LogP contribution in [0.2, 0.25) is 0 Å². The first-order valence-electron chi connectivity index (χ1n) is 10.1. The number of hydrogen-bond acceptors (Lipinski definition) is 6. The molecule has 1 aromatic rings. The van der Waals surface area contributed by atoms with Crippen molar-refractivity contribution in [3.63, 3.8) is 0 Å². The fraction of sp³-hybridized carbons (Fsp3) is 0.700. The average Bonchev–Trinajstić information content (AvgIpc) is 2.69. The first kappa shape index (κ1) is 19.0. The number of fused-ring (bicyclic) bond motifs is 1. The molecule has 27 heavy (non-hydrogen) atoms. The Morgan fingerprint density at radius 1 is 1.30 bits per heavy atom. The molecule has 2 aliphatic heterocycles. The number of ether oxygens (including phenoxy) is 1. The standard InChI is InChI=1S/C20H30N4O2S/c1-13-4-7-21-11-18(13)22-14-2-3-16-17(10-14)23-19(24-20(16)25)12-27-15-5-8-26-9-6-15/h4,7,11,14-17,19,22-23H,2-3,5-6,8-10,12H2,1H3,(H,24,25). The summed E-state index contributed by atoms with van der Waals surface area (Å²) in [6, 6.07) is 2.67. The smallest absolute Gasteiger partial charge is 0.225 e. The van der Waals surface area contributed by atoms with Gasteiger partial charge in [0.15, 0.2) is 0 Å². The van der Waals surface area contributed by atoms with Gasteiger partial charge in [0, 0.05) is 42.5 Å². The molecule has 3 heterocycles. The van der Waals surface area contributed by atoms with Gasteiger partial charge >= 0.3 is 0 Å². The molecule has 3 aliphatic rings. The number of amides is 1. The molecule has 6 nitrogen and oxygen atoms in total. The Morgan fingerprint density at radius 3 is 2.96 bits per heavy atom. The van der Waals surface area contributed by atoms with E-state index < -0.39 is 0 Å². The monoisotopic (exact) mass is 390 g/mol. The predicted octanol–water partition coefficient (Wildman–Crippen LogP) is 2.30. The topological polar surface area (TPSA) is 75.3 Å². The Bertz CT molecular complexity index is 653. The second kappa shape index (κ2) is 8.80. The summed E-state index contributed by atoms with van der Waals surface area (Å²) >= 11 is 1.97. The predicted molar refractivity (Wildman–Crippen MR) is 109 cm³/mol. The Labute approximate surface area is 165 Å². The normalized spacial score (nSPS) is 31.8. The number of aryl methyl sites for hydroxylation is 1. The van der Waals surface area contributed by atoms with E-state index in [0.29, 0.717) is 11.3 Å². The van der Waals surface area contributed by atoms with Crippen LogP contribution in [0, 0.1) is 12.8 Å². The van der Waals surface area contributed by atoms with Gasteiger partial charge in [0.2, 0.25) is 5.91 Å². The van der Waals surface area contributed by atoms with Crippen LogP contribution in [0.4, 0.5) is 5.69 Å². The molecule has 1 saturated carbocycles. The van der Waals surface area contributed by atoms with Crippen molar-refractivity contribution in [3.8, 4) is 0 Å². The van der Waals surface area contributed by atoms with Crippen LogP contribution in [0.1, 0.15) is 37.7 Å². The minimum absolute atomic E-state index is 0.0745. The van der Waals surface area contributed by atoms with Crippen molar-refractivity contribution < 1.29 is 9.53 Å². The van der Waals surface area contributed by atoms with Crippen molar-refractivity contribution in [1.29, 1.82) is 0 Å². The molecule has 1 aromatic heterocycles. The third kappa shape index (κ3) is 4.76. The zero-order valence-corrected chi connectivity index (χ0v) is 16.8. The van der Waals surface area contributed by atoms with E-state index in [-0.39, 0.29) is 24.0 Å². The van der Waals surface area contributed by atoms with Gasteiger partial charge in [-0.3, -0.25) is 15.1 Å². The van der Waals surface area contributed by atoms with E-state index in [0.717, 1.165) is 56.8 Å². The average molecular weight is 391 g/mol. The number of aromatic nitrogens is 1. The summed E-state index contributed by atoms with van der Waals surface area (Å²) in [4.78, 5) is 16.8. The maximum absolute atomic E-state index is 12.6. The zero-order chi connectivity index (χ0) is 18.6. The fourth-order valence-corrected chi connectivity index (χ4v) is 5.55. The lowest BCUT2D eigenvalue weighted by Crippen LogP contribution is -2.64. The fourth-order valence-electron chi connectivity index (χ4n) is 4.38. The summed E-state index contributed by atoms with van der Waals surface area (Å²) in [5, 5.41) is 11.2. The highest BCUT2D eigenvalue weighted by molar-refractivity contribution is 7.99. The largest absolute Gasteiger partial charge is 0.381 e. The zero-order valence-electron chi connectivity index (χ0n) is 15.9. The summed E-state index contributed by atoms with van der Waals surface area (Å²) in [5.74, 6) is 1.26. The number of hydrogen-bond donors (Lipinski definition) is 3. The van der Waals surface area contributed by atoms with Crippen molar-refractivity contribution in [2.45, 2.75) is 62.5 Å². The molecule has 3 N–H and O–H groups in total. The molecule has 1 aliphatic carbocycles. The Morgan fingerprint density at radius 2 is 2.15 bits per heavy atom. The van der Waals surface area contributed by atoms with Crippen LogP contribution in [0.5, 0.6) is 0 Å². The van der Waals surface area contributed by atoms with Gasteiger partial charge in [-0.1, -0.05) is 0 Å². The molecule has 2 saturated heterocycles. The Kier molecular flexibility index (Phi) is 6.20. The van der Waals surface area contributed by atoms with Crippen LogP contribution < -0.4 is 16.0 Å². The summed E-state index contributed by atoms with van der Waals surface area (Å²) in [5.41, 5.74) is 2.32. The second-order valence-corrected chi connectivity index (χ2v) is 9.26. The highest BCUT2D eigenvalue weighted by atomic mass is 32.2. The first-order valence-corrected chi connectivity index (χ1v) is 11.2. The maximum Gasteiger partial charge on any atom is 0.225 e. The molecular formula is C20H30N4O2S. The number of nitrogens with zero attached hydrogens (tertiary/aromatic N) is 1. The maximum atomic E-state index is 12.6. The van der Waals surface area contributed by atoms with Crippen molar-refractivity contribution in [3.05, 3.63) is 24.0 Å². The lowest BCUT2D eigenvalue weighted by Gasteiger charge is -2.43. The molecule has 7 heteroatoms. The highest BCUT2D eigenvalue weighted by Gasteiger charge is 2.40. The van der Waals surface area contributed by atoms with E-state index in [4.69, 9.17) is 4.74 Å². The molecule has 3 fully saturated rings. The summed E-state index contributed by atoms with van der Waals surface area (Å²) in [7, 11) is 0. The molecule has 4 rings (SSSR count). The minimum Gasteiger partial charge on any atom is -0.381 e. The lowest BCUT2D eigenvalue weighted by atomic mass is 9.79. The molecule has 0 radical (unpaired) electrons. The van der Waals surface area contributed by atoms with E-state index in [1.807, 2.05) is 30.2 Å².